The van der Waals surface area contributed by atoms with Crippen LogP contribution in [0.5, 0.6) is 0 Å². The molecular formula is C16H16BrNO2. The molecule has 3 nitrogen and oxygen atoms in total. The Morgan fingerprint density at radius 1 is 1.15 bits per heavy atom. The molecule has 0 heterocycles. The number of hydrogen-bond donors (Lipinski definition) is 2. The first-order valence-electron chi connectivity index (χ1n) is 6.34. The number of aryl methyl sites for hydroxylation is 1. The predicted molar refractivity (Wildman–Crippen MR) is 84.0 cm³/mol. The SMILES string of the molecule is Cc1ccc(Br)c(NCc2ccc(CC(=O)O)cc2)c1. The van der Waals surface area contributed by atoms with Crippen LogP contribution in [0.25, 0.3) is 0 Å². The number of carboxylic acid groups (broad SMARTS) is 1. The minimum Gasteiger partial charge on any atom is -0.481 e. The molecule has 2 aromatic rings. The molecule has 4 heteroatoms. The second-order valence-electron chi connectivity index (χ2n) is 4.72. The highest BCUT2D eigenvalue weighted by atomic mass is 79.9. The van der Waals surface area contributed by atoms with Crippen molar-refractivity contribution < 1.29 is 9.90 Å². The molecule has 0 aliphatic carbocycles. The molecule has 0 aromatic heterocycles. The molecule has 104 valence electrons. The van der Waals surface area contributed by atoms with Crippen LogP contribution >= 0.6 is 15.9 Å². The minimum atomic E-state index is -0.806. The second kappa shape index (κ2) is 6.57. The third-order valence-corrected chi connectivity index (χ3v) is 3.67. The first kappa shape index (κ1) is 14.6. The van der Waals surface area contributed by atoms with Crippen LogP contribution in [0.15, 0.2) is 46.9 Å². The second-order valence-corrected chi connectivity index (χ2v) is 5.58. The van der Waals surface area contributed by atoms with Crippen LogP contribution in [0, 0.1) is 6.92 Å². The average Bonchev–Trinajstić information content (AvgIpc) is 2.41. The predicted octanol–water partition coefficient (Wildman–Crippen LogP) is 4.00. The number of rotatable bonds is 5. The molecule has 0 saturated heterocycles. The van der Waals surface area contributed by atoms with Crippen molar-refractivity contribution in [3.63, 3.8) is 0 Å². The fourth-order valence-corrected chi connectivity index (χ4v) is 2.31. The van der Waals surface area contributed by atoms with E-state index in [1.165, 1.54) is 5.56 Å². The highest BCUT2D eigenvalue weighted by Gasteiger charge is 2.02. The fourth-order valence-electron chi connectivity index (χ4n) is 1.92. The smallest absolute Gasteiger partial charge is 0.307 e. The van der Waals surface area contributed by atoms with Gasteiger partial charge < -0.3 is 10.4 Å². The van der Waals surface area contributed by atoms with Crippen molar-refractivity contribution in [3.05, 3.63) is 63.6 Å². The number of carboxylic acids is 1. The maximum Gasteiger partial charge on any atom is 0.307 e. The van der Waals surface area contributed by atoms with Gasteiger partial charge in [0.25, 0.3) is 0 Å². The van der Waals surface area contributed by atoms with Gasteiger partial charge in [-0.15, -0.1) is 0 Å². The normalized spacial score (nSPS) is 10.3. The summed E-state index contributed by atoms with van der Waals surface area (Å²) in [5.41, 5.74) is 4.19. The van der Waals surface area contributed by atoms with Crippen molar-refractivity contribution in [1.29, 1.82) is 0 Å². The number of anilines is 1. The Kier molecular flexibility index (Phi) is 4.79. The third kappa shape index (κ3) is 4.10. The largest absolute Gasteiger partial charge is 0.481 e. The van der Waals surface area contributed by atoms with Gasteiger partial charge in [0.1, 0.15) is 0 Å². The lowest BCUT2D eigenvalue weighted by atomic mass is 10.1. The van der Waals surface area contributed by atoms with Crippen molar-refractivity contribution in [2.75, 3.05) is 5.32 Å². The van der Waals surface area contributed by atoms with Crippen molar-refractivity contribution in [3.8, 4) is 0 Å². The quantitative estimate of drug-likeness (QED) is 0.869. The topological polar surface area (TPSA) is 49.3 Å². The van der Waals surface area contributed by atoms with Gasteiger partial charge in [-0.2, -0.15) is 0 Å². The fraction of sp³-hybridized carbons (Fsp3) is 0.188. The van der Waals surface area contributed by atoms with Crippen molar-refractivity contribution in [1.82, 2.24) is 0 Å². The van der Waals surface area contributed by atoms with E-state index in [0.29, 0.717) is 6.54 Å². The van der Waals surface area contributed by atoms with Gasteiger partial charge in [0.05, 0.1) is 6.42 Å². The minimum absolute atomic E-state index is 0.0666. The van der Waals surface area contributed by atoms with Crippen LogP contribution in [0.2, 0.25) is 0 Å². The number of carbonyl (C=O) groups is 1. The molecule has 0 fully saturated rings. The Morgan fingerprint density at radius 2 is 1.80 bits per heavy atom. The van der Waals surface area contributed by atoms with E-state index < -0.39 is 5.97 Å². The Bertz CT molecular complexity index is 608. The molecular weight excluding hydrogens is 318 g/mol. The number of nitrogens with one attached hydrogen (secondary N) is 1. The zero-order valence-electron chi connectivity index (χ0n) is 11.2. The molecule has 2 aromatic carbocycles. The van der Waals surface area contributed by atoms with Gasteiger partial charge in [0, 0.05) is 16.7 Å². The summed E-state index contributed by atoms with van der Waals surface area (Å²) in [7, 11) is 0. The summed E-state index contributed by atoms with van der Waals surface area (Å²) in [6.07, 6.45) is 0.0666. The molecule has 0 spiro atoms. The number of hydrogen-bond acceptors (Lipinski definition) is 2. The molecule has 0 amide bonds. The summed E-state index contributed by atoms with van der Waals surface area (Å²) in [5, 5.41) is 12.1. The molecule has 0 aliphatic rings. The zero-order chi connectivity index (χ0) is 14.5. The van der Waals surface area contributed by atoms with E-state index in [9.17, 15) is 4.79 Å². The number of halogens is 1. The van der Waals surface area contributed by atoms with E-state index in [1.54, 1.807) is 0 Å². The summed E-state index contributed by atoms with van der Waals surface area (Å²) in [4.78, 5) is 10.6. The summed E-state index contributed by atoms with van der Waals surface area (Å²) in [5.74, 6) is -0.806. The Labute approximate surface area is 126 Å². The van der Waals surface area contributed by atoms with E-state index in [-0.39, 0.29) is 6.42 Å². The lowest BCUT2D eigenvalue weighted by Gasteiger charge is -2.10. The lowest BCUT2D eigenvalue weighted by Crippen LogP contribution is -2.02. The molecule has 0 bridgehead atoms. The van der Waals surface area contributed by atoms with Gasteiger partial charge in [-0.1, -0.05) is 30.3 Å². The summed E-state index contributed by atoms with van der Waals surface area (Å²) in [6, 6.07) is 13.8. The Morgan fingerprint density at radius 3 is 2.45 bits per heavy atom. The van der Waals surface area contributed by atoms with E-state index >= 15 is 0 Å². The number of benzene rings is 2. The van der Waals surface area contributed by atoms with Crippen LogP contribution in [0.3, 0.4) is 0 Å². The first-order chi connectivity index (χ1) is 9.54. The van der Waals surface area contributed by atoms with E-state index in [4.69, 9.17) is 5.11 Å². The van der Waals surface area contributed by atoms with Crippen LogP contribution in [-0.4, -0.2) is 11.1 Å². The monoisotopic (exact) mass is 333 g/mol. The van der Waals surface area contributed by atoms with Gasteiger partial charge in [0.15, 0.2) is 0 Å². The molecule has 0 atom stereocenters. The summed E-state index contributed by atoms with van der Waals surface area (Å²) >= 11 is 3.51. The molecule has 2 N–H and O–H groups in total. The maximum absolute atomic E-state index is 10.6. The Hall–Kier alpha value is -1.81. The van der Waals surface area contributed by atoms with Crippen LogP contribution in [0.4, 0.5) is 5.69 Å². The molecule has 0 aliphatic heterocycles. The molecule has 0 unspecified atom stereocenters. The Balaban J connectivity index is 2.00. The van der Waals surface area contributed by atoms with Crippen LogP contribution in [0.1, 0.15) is 16.7 Å². The standard InChI is InChI=1S/C16H16BrNO2/c1-11-2-7-14(17)15(8-11)18-10-13-5-3-12(4-6-13)9-16(19)20/h2-8,18H,9-10H2,1H3,(H,19,20). The van der Waals surface area contributed by atoms with E-state index in [1.807, 2.05) is 30.3 Å². The van der Waals surface area contributed by atoms with Gasteiger partial charge in [-0.3, -0.25) is 4.79 Å². The van der Waals surface area contributed by atoms with Gasteiger partial charge in [-0.25, -0.2) is 0 Å². The van der Waals surface area contributed by atoms with Crippen LogP contribution < -0.4 is 5.32 Å². The summed E-state index contributed by atoms with van der Waals surface area (Å²) < 4.78 is 1.03. The molecule has 2 rings (SSSR count). The third-order valence-electron chi connectivity index (χ3n) is 2.98. The molecule has 0 saturated carbocycles. The molecule has 0 radical (unpaired) electrons. The van der Waals surface area contributed by atoms with E-state index in [0.717, 1.165) is 21.3 Å². The number of aliphatic carboxylic acids is 1. The van der Waals surface area contributed by atoms with Gasteiger partial charge in [-0.05, 0) is 51.7 Å². The summed E-state index contributed by atoms with van der Waals surface area (Å²) in [6.45, 7) is 2.76. The van der Waals surface area contributed by atoms with E-state index in [2.05, 4.69) is 40.3 Å². The van der Waals surface area contributed by atoms with Crippen molar-refractivity contribution in [2.45, 2.75) is 19.9 Å². The van der Waals surface area contributed by atoms with Crippen molar-refractivity contribution >= 4 is 27.6 Å². The average molecular weight is 334 g/mol. The molecule has 20 heavy (non-hydrogen) atoms. The van der Waals surface area contributed by atoms with Gasteiger partial charge in [0.2, 0.25) is 0 Å². The van der Waals surface area contributed by atoms with Crippen molar-refractivity contribution in [2.24, 2.45) is 0 Å². The highest BCUT2D eigenvalue weighted by Crippen LogP contribution is 2.23. The lowest BCUT2D eigenvalue weighted by molar-refractivity contribution is -0.136. The van der Waals surface area contributed by atoms with Crippen LogP contribution in [-0.2, 0) is 17.8 Å². The van der Waals surface area contributed by atoms with Gasteiger partial charge >= 0.3 is 5.97 Å². The maximum atomic E-state index is 10.6. The highest BCUT2D eigenvalue weighted by molar-refractivity contribution is 9.10. The first-order valence-corrected chi connectivity index (χ1v) is 7.13. The zero-order valence-corrected chi connectivity index (χ0v) is 12.8.